The Labute approximate surface area is 90.7 Å². The van der Waals surface area contributed by atoms with Gasteiger partial charge in [-0.1, -0.05) is 6.92 Å². The van der Waals surface area contributed by atoms with Crippen molar-refractivity contribution in [3.05, 3.63) is 18.5 Å². The van der Waals surface area contributed by atoms with Gasteiger partial charge in [-0.3, -0.25) is 0 Å². The fourth-order valence-electron chi connectivity index (χ4n) is 2.03. The second kappa shape index (κ2) is 5.07. The van der Waals surface area contributed by atoms with Gasteiger partial charge in [-0.05, 0) is 25.5 Å². The van der Waals surface area contributed by atoms with E-state index in [4.69, 9.17) is 0 Å². The first-order valence-electron chi connectivity index (χ1n) is 5.65. The third-order valence-electron chi connectivity index (χ3n) is 2.82. The number of piperidine rings is 1. The summed E-state index contributed by atoms with van der Waals surface area (Å²) in [5.74, 6) is 0.868. The molecule has 82 valence electrons. The van der Waals surface area contributed by atoms with Crippen LogP contribution in [0.2, 0.25) is 0 Å². The Morgan fingerprint density at radius 3 is 2.60 bits per heavy atom. The largest absolute Gasteiger partial charge is 0.341 e. The van der Waals surface area contributed by atoms with Crippen LogP contribution in [0.1, 0.15) is 19.8 Å². The van der Waals surface area contributed by atoms with Crippen molar-refractivity contribution in [2.75, 3.05) is 24.5 Å². The quantitative estimate of drug-likeness (QED) is 0.802. The molecule has 1 N–H and O–H groups in total. The van der Waals surface area contributed by atoms with Crippen molar-refractivity contribution in [2.24, 2.45) is 0 Å². The summed E-state index contributed by atoms with van der Waals surface area (Å²) < 4.78 is 0. The monoisotopic (exact) mass is 206 g/mol. The zero-order chi connectivity index (χ0) is 10.5. The van der Waals surface area contributed by atoms with Crippen LogP contribution in [0.15, 0.2) is 18.5 Å². The highest BCUT2D eigenvalue weighted by atomic mass is 15.3. The maximum atomic E-state index is 4.27. The number of hydrogen-bond acceptors (Lipinski definition) is 4. The van der Waals surface area contributed by atoms with E-state index in [1.807, 2.05) is 6.07 Å². The van der Waals surface area contributed by atoms with Crippen LogP contribution in [0, 0.1) is 0 Å². The van der Waals surface area contributed by atoms with Crippen LogP contribution >= 0.6 is 0 Å². The molecule has 0 bridgehead atoms. The maximum absolute atomic E-state index is 4.27. The van der Waals surface area contributed by atoms with Crippen molar-refractivity contribution in [1.29, 1.82) is 0 Å². The van der Waals surface area contributed by atoms with Crippen LogP contribution in [0.5, 0.6) is 0 Å². The second-order valence-corrected chi connectivity index (χ2v) is 3.87. The first-order chi connectivity index (χ1) is 7.40. The number of anilines is 1. The van der Waals surface area contributed by atoms with Gasteiger partial charge >= 0.3 is 0 Å². The van der Waals surface area contributed by atoms with E-state index >= 15 is 0 Å². The van der Waals surface area contributed by atoms with Crippen LogP contribution in [0.4, 0.5) is 5.95 Å². The van der Waals surface area contributed by atoms with Crippen molar-refractivity contribution >= 4 is 5.95 Å². The van der Waals surface area contributed by atoms with Crippen molar-refractivity contribution in [3.63, 3.8) is 0 Å². The lowest BCUT2D eigenvalue weighted by atomic mass is 10.1. The highest BCUT2D eigenvalue weighted by Gasteiger charge is 2.19. The summed E-state index contributed by atoms with van der Waals surface area (Å²) in [4.78, 5) is 10.8. The average Bonchev–Trinajstić information content (AvgIpc) is 2.32. The first-order valence-corrected chi connectivity index (χ1v) is 5.65. The molecule has 2 heterocycles. The zero-order valence-electron chi connectivity index (χ0n) is 9.19. The molecular weight excluding hydrogens is 188 g/mol. The normalized spacial score (nSPS) is 18.1. The molecule has 15 heavy (non-hydrogen) atoms. The fraction of sp³-hybridized carbons (Fsp3) is 0.636. The molecule has 0 atom stereocenters. The standard InChI is InChI=1S/C11H18N4/c1-2-12-10-4-8-15(9-5-10)11-13-6-3-7-14-11/h3,6-7,10,12H,2,4-5,8-9H2,1H3. The van der Waals surface area contributed by atoms with Gasteiger partial charge in [0.2, 0.25) is 5.95 Å². The highest BCUT2D eigenvalue weighted by Crippen LogP contribution is 2.14. The van der Waals surface area contributed by atoms with Gasteiger partial charge < -0.3 is 10.2 Å². The van der Waals surface area contributed by atoms with Crippen LogP contribution in [-0.2, 0) is 0 Å². The van der Waals surface area contributed by atoms with Crippen molar-refractivity contribution in [3.8, 4) is 0 Å². The molecule has 1 fully saturated rings. The summed E-state index contributed by atoms with van der Waals surface area (Å²) in [6.45, 7) is 5.34. The Balaban J connectivity index is 1.88. The van der Waals surface area contributed by atoms with Gasteiger partial charge in [0, 0.05) is 31.5 Å². The summed E-state index contributed by atoms with van der Waals surface area (Å²) in [7, 11) is 0. The van der Waals surface area contributed by atoms with Crippen LogP contribution in [0.3, 0.4) is 0 Å². The topological polar surface area (TPSA) is 41.0 Å². The van der Waals surface area contributed by atoms with Crippen LogP contribution in [0.25, 0.3) is 0 Å². The lowest BCUT2D eigenvalue weighted by molar-refractivity contribution is 0.421. The molecule has 1 aliphatic rings. The molecule has 4 nitrogen and oxygen atoms in total. The number of rotatable bonds is 3. The molecule has 2 rings (SSSR count). The number of nitrogens with one attached hydrogen (secondary N) is 1. The van der Waals surface area contributed by atoms with Gasteiger partial charge in [0.25, 0.3) is 0 Å². The maximum Gasteiger partial charge on any atom is 0.225 e. The van der Waals surface area contributed by atoms with Crippen molar-refractivity contribution < 1.29 is 0 Å². The lowest BCUT2D eigenvalue weighted by Gasteiger charge is -2.32. The number of hydrogen-bond donors (Lipinski definition) is 1. The summed E-state index contributed by atoms with van der Waals surface area (Å²) >= 11 is 0. The predicted molar refractivity (Wildman–Crippen MR) is 60.9 cm³/mol. The molecule has 0 radical (unpaired) electrons. The zero-order valence-corrected chi connectivity index (χ0v) is 9.19. The van der Waals surface area contributed by atoms with E-state index in [9.17, 15) is 0 Å². The number of nitrogens with zero attached hydrogens (tertiary/aromatic N) is 3. The van der Waals surface area contributed by atoms with Gasteiger partial charge in [0.1, 0.15) is 0 Å². The average molecular weight is 206 g/mol. The summed E-state index contributed by atoms with van der Waals surface area (Å²) in [5.41, 5.74) is 0. The summed E-state index contributed by atoms with van der Waals surface area (Å²) in [6.07, 6.45) is 5.98. The Morgan fingerprint density at radius 1 is 1.33 bits per heavy atom. The van der Waals surface area contributed by atoms with E-state index in [2.05, 4.69) is 27.1 Å². The smallest absolute Gasteiger partial charge is 0.225 e. The minimum atomic E-state index is 0.676. The molecule has 0 spiro atoms. The van der Waals surface area contributed by atoms with Crippen molar-refractivity contribution in [2.45, 2.75) is 25.8 Å². The molecule has 0 amide bonds. The third-order valence-corrected chi connectivity index (χ3v) is 2.82. The van der Waals surface area contributed by atoms with Crippen molar-refractivity contribution in [1.82, 2.24) is 15.3 Å². The molecule has 1 aliphatic heterocycles. The van der Waals surface area contributed by atoms with Gasteiger partial charge in [-0.25, -0.2) is 9.97 Å². The molecule has 0 unspecified atom stereocenters. The third kappa shape index (κ3) is 2.65. The van der Waals surface area contributed by atoms with E-state index in [-0.39, 0.29) is 0 Å². The molecule has 0 aliphatic carbocycles. The Kier molecular flexibility index (Phi) is 3.50. The minimum absolute atomic E-state index is 0.676. The van der Waals surface area contributed by atoms with Crippen LogP contribution < -0.4 is 10.2 Å². The number of aromatic nitrogens is 2. The Hall–Kier alpha value is -1.16. The highest BCUT2D eigenvalue weighted by molar-refractivity contribution is 5.29. The van der Waals surface area contributed by atoms with E-state index in [0.717, 1.165) is 25.6 Å². The molecular formula is C11H18N4. The molecule has 1 aromatic heterocycles. The Morgan fingerprint density at radius 2 is 2.00 bits per heavy atom. The van der Waals surface area contributed by atoms with Crippen LogP contribution in [-0.4, -0.2) is 35.6 Å². The van der Waals surface area contributed by atoms with Gasteiger partial charge in [0.05, 0.1) is 0 Å². The first kappa shape index (κ1) is 10.4. The summed E-state index contributed by atoms with van der Waals surface area (Å²) in [6, 6.07) is 2.53. The molecule has 4 heteroatoms. The van der Waals surface area contributed by atoms with E-state index < -0.39 is 0 Å². The van der Waals surface area contributed by atoms with Gasteiger partial charge in [-0.15, -0.1) is 0 Å². The molecule has 0 aromatic carbocycles. The fourth-order valence-corrected chi connectivity index (χ4v) is 2.03. The second-order valence-electron chi connectivity index (χ2n) is 3.87. The van der Waals surface area contributed by atoms with E-state index in [1.165, 1.54) is 12.8 Å². The predicted octanol–water partition coefficient (Wildman–Crippen LogP) is 1.05. The molecule has 0 saturated carbocycles. The van der Waals surface area contributed by atoms with E-state index in [0.29, 0.717) is 6.04 Å². The minimum Gasteiger partial charge on any atom is -0.341 e. The van der Waals surface area contributed by atoms with Gasteiger partial charge in [0.15, 0.2) is 0 Å². The summed E-state index contributed by atoms with van der Waals surface area (Å²) in [5, 5.41) is 3.49. The lowest BCUT2D eigenvalue weighted by Crippen LogP contribution is -2.43. The Bertz CT molecular complexity index is 280. The molecule has 1 saturated heterocycles. The molecule has 1 aromatic rings. The SMILES string of the molecule is CCNC1CCN(c2ncccn2)CC1. The van der Waals surface area contributed by atoms with E-state index in [1.54, 1.807) is 12.4 Å². The van der Waals surface area contributed by atoms with Gasteiger partial charge in [-0.2, -0.15) is 0 Å².